The molecule has 29 heavy (non-hydrogen) atoms. The molecular weight excluding hydrogens is 384 g/mol. The van der Waals surface area contributed by atoms with Gasteiger partial charge in [0.15, 0.2) is 0 Å². The maximum Gasteiger partial charge on any atom is 0.264 e. The predicted molar refractivity (Wildman–Crippen MR) is 117 cm³/mol. The van der Waals surface area contributed by atoms with Crippen LogP contribution in [0.15, 0.2) is 47.4 Å². The van der Waals surface area contributed by atoms with Crippen LogP contribution >= 0.6 is 0 Å². The lowest BCUT2D eigenvalue weighted by molar-refractivity contribution is -0.130. The lowest BCUT2D eigenvalue weighted by Crippen LogP contribution is -2.44. The zero-order valence-electron chi connectivity index (χ0n) is 17.7. The molecule has 0 atom stereocenters. The molecule has 3 rings (SSSR count). The maximum absolute atomic E-state index is 13.5. The van der Waals surface area contributed by atoms with Gasteiger partial charge in [-0.1, -0.05) is 36.6 Å². The highest BCUT2D eigenvalue weighted by Crippen LogP contribution is 2.27. The lowest BCUT2D eigenvalue weighted by atomic mass is 10.1. The number of carbonyl (C=O) groups is 1. The Kier molecular flexibility index (Phi) is 6.32. The third-order valence-corrected chi connectivity index (χ3v) is 7.44. The average Bonchev–Trinajstić information content (AvgIpc) is 3.19. The second-order valence-electron chi connectivity index (χ2n) is 8.11. The SMILES string of the molecule is Cc1ccc(S(=O)(=O)N(CC(=O)N(C)C2CCCC2)c2cc(C)cc(C)c2)cc1. The lowest BCUT2D eigenvalue weighted by Gasteiger charge is -2.30. The normalized spacial score (nSPS) is 14.8. The monoisotopic (exact) mass is 414 g/mol. The van der Waals surface area contributed by atoms with E-state index < -0.39 is 10.0 Å². The van der Waals surface area contributed by atoms with Crippen molar-refractivity contribution in [3.8, 4) is 0 Å². The van der Waals surface area contributed by atoms with Gasteiger partial charge in [-0.15, -0.1) is 0 Å². The smallest absolute Gasteiger partial charge is 0.264 e. The number of carbonyl (C=O) groups excluding carboxylic acids is 1. The number of aryl methyl sites for hydroxylation is 3. The number of likely N-dealkylation sites (N-methyl/N-ethyl adjacent to an activating group) is 1. The predicted octanol–water partition coefficient (Wildman–Crippen LogP) is 4.21. The molecule has 0 N–H and O–H groups in total. The van der Waals surface area contributed by atoms with Gasteiger partial charge in [0.1, 0.15) is 6.54 Å². The van der Waals surface area contributed by atoms with Gasteiger partial charge in [0.2, 0.25) is 5.91 Å². The van der Waals surface area contributed by atoms with Crippen LogP contribution in [0.25, 0.3) is 0 Å². The van der Waals surface area contributed by atoms with Crippen LogP contribution in [0, 0.1) is 20.8 Å². The van der Waals surface area contributed by atoms with E-state index >= 15 is 0 Å². The molecule has 156 valence electrons. The first-order chi connectivity index (χ1) is 13.7. The highest BCUT2D eigenvalue weighted by Gasteiger charge is 2.31. The second kappa shape index (κ2) is 8.57. The van der Waals surface area contributed by atoms with Gasteiger partial charge < -0.3 is 4.90 Å². The Balaban J connectivity index is 1.99. The molecule has 1 aliphatic rings. The number of rotatable bonds is 6. The van der Waals surface area contributed by atoms with Crippen LogP contribution in [0.3, 0.4) is 0 Å². The van der Waals surface area contributed by atoms with E-state index in [2.05, 4.69) is 0 Å². The van der Waals surface area contributed by atoms with E-state index in [0.29, 0.717) is 5.69 Å². The van der Waals surface area contributed by atoms with Gasteiger partial charge in [-0.25, -0.2) is 8.42 Å². The van der Waals surface area contributed by atoms with E-state index in [4.69, 9.17) is 0 Å². The Labute approximate surface area is 174 Å². The van der Waals surface area contributed by atoms with E-state index in [9.17, 15) is 13.2 Å². The molecule has 2 aromatic rings. The molecule has 0 unspecified atom stereocenters. The van der Waals surface area contributed by atoms with Gasteiger partial charge in [0.25, 0.3) is 10.0 Å². The van der Waals surface area contributed by atoms with Gasteiger partial charge in [0.05, 0.1) is 10.6 Å². The maximum atomic E-state index is 13.5. The Morgan fingerprint density at radius 2 is 1.48 bits per heavy atom. The van der Waals surface area contributed by atoms with Crippen LogP contribution in [0.5, 0.6) is 0 Å². The van der Waals surface area contributed by atoms with E-state index in [1.54, 1.807) is 36.2 Å². The molecule has 0 saturated heterocycles. The van der Waals surface area contributed by atoms with Gasteiger partial charge >= 0.3 is 0 Å². The zero-order chi connectivity index (χ0) is 21.2. The van der Waals surface area contributed by atoms with Crippen molar-refractivity contribution >= 4 is 21.6 Å². The summed E-state index contributed by atoms with van der Waals surface area (Å²) in [6.45, 7) is 5.57. The van der Waals surface area contributed by atoms with Crippen molar-refractivity contribution in [3.05, 3.63) is 59.2 Å². The van der Waals surface area contributed by atoms with Crippen molar-refractivity contribution in [3.63, 3.8) is 0 Å². The van der Waals surface area contributed by atoms with Crippen LogP contribution < -0.4 is 4.31 Å². The number of nitrogens with zero attached hydrogens (tertiary/aromatic N) is 2. The molecule has 0 aromatic heterocycles. The number of benzene rings is 2. The minimum atomic E-state index is -3.87. The Morgan fingerprint density at radius 3 is 2.03 bits per heavy atom. The highest BCUT2D eigenvalue weighted by atomic mass is 32.2. The first kappa shape index (κ1) is 21.4. The molecule has 6 heteroatoms. The van der Waals surface area contributed by atoms with Crippen molar-refractivity contribution in [2.24, 2.45) is 0 Å². The number of sulfonamides is 1. The van der Waals surface area contributed by atoms with E-state index in [0.717, 1.165) is 42.4 Å². The molecule has 1 amide bonds. The minimum Gasteiger partial charge on any atom is -0.341 e. The van der Waals surface area contributed by atoms with Gasteiger partial charge in [-0.3, -0.25) is 9.10 Å². The largest absolute Gasteiger partial charge is 0.341 e. The van der Waals surface area contributed by atoms with Crippen LogP contribution in [-0.4, -0.2) is 38.9 Å². The van der Waals surface area contributed by atoms with Crippen LogP contribution in [0.1, 0.15) is 42.4 Å². The fourth-order valence-electron chi connectivity index (χ4n) is 3.98. The summed E-state index contributed by atoms with van der Waals surface area (Å²) in [5.74, 6) is -0.174. The van der Waals surface area contributed by atoms with Crippen molar-refractivity contribution in [2.45, 2.75) is 57.4 Å². The second-order valence-corrected chi connectivity index (χ2v) is 9.98. The van der Waals surface area contributed by atoms with E-state index in [1.807, 2.05) is 39.0 Å². The summed E-state index contributed by atoms with van der Waals surface area (Å²) in [7, 11) is -2.08. The Morgan fingerprint density at radius 1 is 0.931 bits per heavy atom. The fraction of sp³-hybridized carbons (Fsp3) is 0.435. The zero-order valence-corrected chi connectivity index (χ0v) is 18.5. The van der Waals surface area contributed by atoms with Crippen molar-refractivity contribution < 1.29 is 13.2 Å². The first-order valence-electron chi connectivity index (χ1n) is 10.1. The molecule has 0 aliphatic heterocycles. The van der Waals surface area contributed by atoms with Crippen molar-refractivity contribution in [1.82, 2.24) is 4.90 Å². The van der Waals surface area contributed by atoms with Crippen LogP contribution in [0.4, 0.5) is 5.69 Å². The minimum absolute atomic E-state index is 0.174. The van der Waals surface area contributed by atoms with E-state index in [1.165, 1.54) is 4.31 Å². The van der Waals surface area contributed by atoms with Crippen molar-refractivity contribution in [2.75, 3.05) is 17.9 Å². The summed E-state index contributed by atoms with van der Waals surface area (Å²) >= 11 is 0. The molecule has 1 saturated carbocycles. The number of hydrogen-bond donors (Lipinski definition) is 0. The summed E-state index contributed by atoms with van der Waals surface area (Å²) in [5.41, 5.74) is 3.43. The number of hydrogen-bond acceptors (Lipinski definition) is 3. The standard InChI is InChI=1S/C23H30N2O3S/c1-17-9-11-22(12-10-17)29(27,28)25(21-14-18(2)13-19(3)15-21)16-23(26)24(4)20-7-5-6-8-20/h9-15,20H,5-8,16H2,1-4H3. The summed E-state index contributed by atoms with van der Waals surface area (Å²) < 4.78 is 28.3. The molecule has 5 nitrogen and oxygen atoms in total. The molecular formula is C23H30N2O3S. The Hall–Kier alpha value is -2.34. The average molecular weight is 415 g/mol. The highest BCUT2D eigenvalue weighted by molar-refractivity contribution is 7.92. The molecule has 0 bridgehead atoms. The topological polar surface area (TPSA) is 57.7 Å². The van der Waals surface area contributed by atoms with Crippen LogP contribution in [0.2, 0.25) is 0 Å². The third-order valence-electron chi connectivity index (χ3n) is 5.65. The van der Waals surface area contributed by atoms with Crippen molar-refractivity contribution in [1.29, 1.82) is 0 Å². The third kappa shape index (κ3) is 4.81. The molecule has 2 aromatic carbocycles. The first-order valence-corrected chi connectivity index (χ1v) is 11.6. The molecule has 1 aliphatic carbocycles. The number of anilines is 1. The molecule has 0 spiro atoms. The quantitative estimate of drug-likeness (QED) is 0.711. The molecule has 0 heterocycles. The van der Waals surface area contributed by atoms with Gasteiger partial charge in [0, 0.05) is 13.1 Å². The Bertz CT molecular complexity index is 957. The van der Waals surface area contributed by atoms with Crippen LogP contribution in [-0.2, 0) is 14.8 Å². The van der Waals surface area contributed by atoms with Gasteiger partial charge in [-0.2, -0.15) is 0 Å². The summed E-state index contributed by atoms with van der Waals surface area (Å²) in [6, 6.07) is 12.6. The van der Waals surface area contributed by atoms with Gasteiger partial charge in [-0.05, 0) is 69.0 Å². The summed E-state index contributed by atoms with van der Waals surface area (Å²) in [5, 5.41) is 0. The summed E-state index contributed by atoms with van der Waals surface area (Å²) in [6.07, 6.45) is 4.20. The fourth-order valence-corrected chi connectivity index (χ4v) is 5.37. The molecule has 1 fully saturated rings. The molecule has 0 radical (unpaired) electrons. The summed E-state index contributed by atoms with van der Waals surface area (Å²) in [4.78, 5) is 15.0. The van der Waals surface area contributed by atoms with E-state index in [-0.39, 0.29) is 23.4 Å². The number of amides is 1.